The number of halogens is 1. The van der Waals surface area contributed by atoms with Crippen LogP contribution in [0.1, 0.15) is 10.4 Å². The number of ether oxygens (including phenoxy) is 2. The Bertz CT molecular complexity index is 583. The second kappa shape index (κ2) is 4.37. The number of carbonyl (C=O) groups is 1. The zero-order valence-electron chi connectivity index (χ0n) is 9.36. The van der Waals surface area contributed by atoms with Crippen LogP contribution in [0.3, 0.4) is 0 Å². The van der Waals surface area contributed by atoms with Crippen LogP contribution in [0.5, 0.6) is 5.75 Å². The number of rotatable bonds is 2. The lowest BCUT2D eigenvalue weighted by atomic mass is 10.1. The van der Waals surface area contributed by atoms with Gasteiger partial charge in [0.2, 0.25) is 0 Å². The fraction of sp³-hybridized carbons (Fsp3) is 0.167. The fourth-order valence-electron chi connectivity index (χ4n) is 1.61. The average molecular weight is 235 g/mol. The summed E-state index contributed by atoms with van der Waals surface area (Å²) in [5.41, 5.74) is 0.475. The average Bonchev–Trinajstić information content (AvgIpc) is 2.36. The SMILES string of the molecule is COC(=O)c1cc(F)c2c(OC)ccnc2c1. The van der Waals surface area contributed by atoms with Crippen LogP contribution >= 0.6 is 0 Å². The van der Waals surface area contributed by atoms with Gasteiger partial charge in [-0.3, -0.25) is 4.98 Å². The smallest absolute Gasteiger partial charge is 0.338 e. The van der Waals surface area contributed by atoms with E-state index in [1.54, 1.807) is 6.07 Å². The zero-order chi connectivity index (χ0) is 12.4. The Kier molecular flexibility index (Phi) is 2.91. The summed E-state index contributed by atoms with van der Waals surface area (Å²) < 4.78 is 23.4. The Morgan fingerprint density at radius 1 is 1.35 bits per heavy atom. The molecule has 0 fully saturated rings. The number of benzene rings is 1. The summed E-state index contributed by atoms with van der Waals surface area (Å²) in [7, 11) is 2.69. The van der Waals surface area contributed by atoms with Crippen molar-refractivity contribution in [3.05, 3.63) is 35.8 Å². The molecule has 0 atom stereocenters. The lowest BCUT2D eigenvalue weighted by Gasteiger charge is -2.07. The molecule has 2 aromatic rings. The van der Waals surface area contributed by atoms with E-state index in [-0.39, 0.29) is 10.9 Å². The van der Waals surface area contributed by atoms with Crippen molar-refractivity contribution in [2.24, 2.45) is 0 Å². The molecule has 5 heteroatoms. The molecule has 0 aliphatic rings. The first kappa shape index (κ1) is 11.3. The monoisotopic (exact) mass is 235 g/mol. The molecule has 0 radical (unpaired) electrons. The van der Waals surface area contributed by atoms with Crippen LogP contribution in [0.25, 0.3) is 10.9 Å². The lowest BCUT2D eigenvalue weighted by Crippen LogP contribution is -2.02. The molecule has 0 amide bonds. The van der Waals surface area contributed by atoms with Crippen molar-refractivity contribution < 1.29 is 18.7 Å². The van der Waals surface area contributed by atoms with Crippen LogP contribution in [0.4, 0.5) is 4.39 Å². The number of carbonyl (C=O) groups excluding carboxylic acids is 1. The van der Waals surface area contributed by atoms with Gasteiger partial charge >= 0.3 is 5.97 Å². The molecule has 1 aromatic heterocycles. The van der Waals surface area contributed by atoms with Gasteiger partial charge in [-0.1, -0.05) is 0 Å². The third kappa shape index (κ3) is 1.91. The van der Waals surface area contributed by atoms with Crippen molar-refractivity contribution in [2.45, 2.75) is 0 Å². The van der Waals surface area contributed by atoms with E-state index in [0.717, 1.165) is 6.07 Å². The molecule has 0 spiro atoms. The first-order valence-electron chi connectivity index (χ1n) is 4.88. The third-order valence-electron chi connectivity index (χ3n) is 2.40. The van der Waals surface area contributed by atoms with Gasteiger partial charge in [0.05, 0.1) is 30.7 Å². The Hall–Kier alpha value is -2.17. The van der Waals surface area contributed by atoms with E-state index in [1.165, 1.54) is 26.5 Å². The van der Waals surface area contributed by atoms with Gasteiger partial charge < -0.3 is 9.47 Å². The lowest BCUT2D eigenvalue weighted by molar-refractivity contribution is 0.0600. The summed E-state index contributed by atoms with van der Waals surface area (Å²) in [4.78, 5) is 15.3. The molecule has 0 unspecified atom stereocenters. The van der Waals surface area contributed by atoms with E-state index in [0.29, 0.717) is 11.3 Å². The van der Waals surface area contributed by atoms with Gasteiger partial charge in [0.1, 0.15) is 11.6 Å². The van der Waals surface area contributed by atoms with Crippen LogP contribution in [-0.2, 0) is 4.74 Å². The molecular weight excluding hydrogens is 225 g/mol. The Balaban J connectivity index is 2.71. The van der Waals surface area contributed by atoms with Crippen LogP contribution in [0, 0.1) is 5.82 Å². The van der Waals surface area contributed by atoms with Gasteiger partial charge in [-0.15, -0.1) is 0 Å². The molecule has 0 aliphatic carbocycles. The zero-order valence-corrected chi connectivity index (χ0v) is 9.36. The molecule has 17 heavy (non-hydrogen) atoms. The molecule has 1 aromatic carbocycles. The van der Waals surface area contributed by atoms with Crippen molar-refractivity contribution in [1.82, 2.24) is 4.98 Å². The predicted molar refractivity (Wildman–Crippen MR) is 59.6 cm³/mol. The highest BCUT2D eigenvalue weighted by Crippen LogP contribution is 2.27. The molecule has 0 bridgehead atoms. The Morgan fingerprint density at radius 3 is 2.76 bits per heavy atom. The summed E-state index contributed by atoms with van der Waals surface area (Å²) in [5.74, 6) is -0.785. The molecule has 0 saturated heterocycles. The summed E-state index contributed by atoms with van der Waals surface area (Å²) in [6, 6.07) is 4.13. The minimum atomic E-state index is -0.601. The number of pyridine rings is 1. The Morgan fingerprint density at radius 2 is 2.12 bits per heavy atom. The molecule has 1 heterocycles. The van der Waals surface area contributed by atoms with Gasteiger partial charge in [-0.05, 0) is 18.2 Å². The van der Waals surface area contributed by atoms with Crippen LogP contribution < -0.4 is 4.74 Å². The van der Waals surface area contributed by atoms with Crippen LogP contribution in [0.15, 0.2) is 24.4 Å². The quantitative estimate of drug-likeness (QED) is 0.748. The highest BCUT2D eigenvalue weighted by atomic mass is 19.1. The Labute approximate surface area is 97.0 Å². The molecule has 0 N–H and O–H groups in total. The first-order chi connectivity index (χ1) is 8.17. The van der Waals surface area contributed by atoms with Gasteiger partial charge in [-0.25, -0.2) is 9.18 Å². The number of hydrogen-bond donors (Lipinski definition) is 0. The van der Waals surface area contributed by atoms with Gasteiger partial charge in [0.15, 0.2) is 0 Å². The number of esters is 1. The number of methoxy groups -OCH3 is 2. The molecular formula is C12H10FNO3. The summed E-state index contributed by atoms with van der Waals surface area (Å²) in [6.45, 7) is 0. The number of hydrogen-bond acceptors (Lipinski definition) is 4. The van der Waals surface area contributed by atoms with Gasteiger partial charge in [0, 0.05) is 6.20 Å². The minimum Gasteiger partial charge on any atom is -0.496 e. The van der Waals surface area contributed by atoms with E-state index < -0.39 is 11.8 Å². The molecule has 0 saturated carbocycles. The highest BCUT2D eigenvalue weighted by Gasteiger charge is 2.14. The second-order valence-corrected chi connectivity index (χ2v) is 3.36. The summed E-state index contributed by atoms with van der Waals surface area (Å²) in [6.07, 6.45) is 1.49. The third-order valence-corrected chi connectivity index (χ3v) is 2.40. The molecule has 0 aliphatic heterocycles. The van der Waals surface area contributed by atoms with E-state index in [1.807, 2.05) is 0 Å². The molecule has 2 rings (SSSR count). The van der Waals surface area contributed by atoms with Gasteiger partial charge in [0.25, 0.3) is 0 Å². The molecule has 4 nitrogen and oxygen atoms in total. The van der Waals surface area contributed by atoms with Crippen molar-refractivity contribution >= 4 is 16.9 Å². The molecule has 88 valence electrons. The largest absolute Gasteiger partial charge is 0.496 e. The van der Waals surface area contributed by atoms with Crippen LogP contribution in [0.2, 0.25) is 0 Å². The topological polar surface area (TPSA) is 48.4 Å². The van der Waals surface area contributed by atoms with Crippen molar-refractivity contribution in [2.75, 3.05) is 14.2 Å². The number of nitrogens with zero attached hydrogens (tertiary/aromatic N) is 1. The second-order valence-electron chi connectivity index (χ2n) is 3.36. The maximum absolute atomic E-state index is 13.9. The van der Waals surface area contributed by atoms with E-state index in [4.69, 9.17) is 4.74 Å². The highest BCUT2D eigenvalue weighted by molar-refractivity contribution is 5.96. The maximum atomic E-state index is 13.9. The number of aromatic nitrogens is 1. The summed E-state index contributed by atoms with van der Waals surface area (Å²) >= 11 is 0. The van der Waals surface area contributed by atoms with Gasteiger partial charge in [-0.2, -0.15) is 0 Å². The minimum absolute atomic E-state index is 0.123. The van der Waals surface area contributed by atoms with E-state index in [9.17, 15) is 9.18 Å². The van der Waals surface area contributed by atoms with Crippen molar-refractivity contribution in [3.63, 3.8) is 0 Å². The maximum Gasteiger partial charge on any atom is 0.338 e. The summed E-state index contributed by atoms with van der Waals surface area (Å²) in [5, 5.41) is 0.252. The van der Waals surface area contributed by atoms with E-state index >= 15 is 0 Å². The normalized spacial score (nSPS) is 10.3. The van der Waals surface area contributed by atoms with Crippen molar-refractivity contribution in [3.8, 4) is 5.75 Å². The van der Waals surface area contributed by atoms with Crippen LogP contribution in [-0.4, -0.2) is 25.2 Å². The first-order valence-corrected chi connectivity index (χ1v) is 4.88. The standard InChI is InChI=1S/C12H10FNO3/c1-16-10-3-4-14-9-6-7(12(15)17-2)5-8(13)11(9)10/h3-6H,1-2H3. The fourth-order valence-corrected chi connectivity index (χ4v) is 1.61. The van der Waals surface area contributed by atoms with E-state index in [2.05, 4.69) is 9.72 Å². The number of fused-ring (bicyclic) bond motifs is 1. The predicted octanol–water partition coefficient (Wildman–Crippen LogP) is 2.17. The van der Waals surface area contributed by atoms with Crippen molar-refractivity contribution in [1.29, 1.82) is 0 Å².